The minimum absolute atomic E-state index is 0.0732. The molecular weight excluding hydrogens is 413 g/mol. The van der Waals surface area contributed by atoms with Gasteiger partial charge in [-0.05, 0) is 24.5 Å². The molecule has 0 aliphatic carbocycles. The van der Waals surface area contributed by atoms with Crippen molar-refractivity contribution in [3.8, 4) is 0 Å². The summed E-state index contributed by atoms with van der Waals surface area (Å²) in [7, 11) is 0. The van der Waals surface area contributed by atoms with E-state index < -0.39 is 22.4 Å². The third kappa shape index (κ3) is 3.04. The summed E-state index contributed by atoms with van der Waals surface area (Å²) in [6.45, 7) is 2.12. The van der Waals surface area contributed by atoms with E-state index in [-0.39, 0.29) is 30.6 Å². The zero-order valence-electron chi connectivity index (χ0n) is 16.2. The molecule has 2 aromatic heterocycles. The molecule has 0 saturated carbocycles. The van der Waals surface area contributed by atoms with Crippen LogP contribution in [0.2, 0.25) is 0 Å². The highest BCUT2D eigenvalue weighted by Gasteiger charge is 2.38. The van der Waals surface area contributed by atoms with Crippen LogP contribution in [-0.4, -0.2) is 31.3 Å². The van der Waals surface area contributed by atoms with Gasteiger partial charge in [0.25, 0.3) is 5.69 Å². The number of nitro benzene ring substituents is 1. The van der Waals surface area contributed by atoms with Gasteiger partial charge in [-0.15, -0.1) is 15.3 Å². The maximum Gasteiger partial charge on any atom is 0.416 e. The van der Waals surface area contributed by atoms with Gasteiger partial charge in [-0.25, -0.2) is 0 Å². The Kier molecular flexibility index (Phi) is 4.11. The molecule has 4 aromatic rings. The third-order valence-corrected chi connectivity index (χ3v) is 5.54. The lowest BCUT2D eigenvalue weighted by Gasteiger charge is -2.31. The Morgan fingerprint density at radius 1 is 1.13 bits per heavy atom. The molecule has 5 rings (SSSR count). The highest BCUT2D eigenvalue weighted by atomic mass is 19.4. The third-order valence-electron chi connectivity index (χ3n) is 5.54. The van der Waals surface area contributed by atoms with Crippen LogP contribution in [0, 0.1) is 17.0 Å². The van der Waals surface area contributed by atoms with Gasteiger partial charge in [0.1, 0.15) is 0 Å². The summed E-state index contributed by atoms with van der Waals surface area (Å²) in [5, 5.41) is 25.7. The second-order valence-electron chi connectivity index (χ2n) is 7.41. The number of aryl methyl sites for hydroxylation is 1. The average molecular weight is 428 g/mol. The summed E-state index contributed by atoms with van der Waals surface area (Å²) in [4.78, 5) is 12.3. The first-order valence-electron chi connectivity index (χ1n) is 9.47. The van der Waals surface area contributed by atoms with E-state index in [9.17, 15) is 23.3 Å². The molecule has 0 spiro atoms. The highest BCUT2D eigenvalue weighted by molar-refractivity contribution is 6.00. The van der Waals surface area contributed by atoms with Crippen molar-refractivity contribution >= 4 is 27.9 Å². The monoisotopic (exact) mass is 428 g/mol. The molecule has 0 radical (unpaired) electrons. The van der Waals surface area contributed by atoms with E-state index in [4.69, 9.17) is 0 Å². The van der Waals surface area contributed by atoms with Crippen molar-refractivity contribution in [1.82, 2.24) is 19.8 Å². The van der Waals surface area contributed by atoms with Crippen LogP contribution in [0.5, 0.6) is 0 Å². The van der Waals surface area contributed by atoms with E-state index in [1.54, 1.807) is 11.4 Å². The molecule has 11 heteroatoms. The minimum Gasteiger partial charge on any atom is -0.350 e. The maximum absolute atomic E-state index is 13.6. The van der Waals surface area contributed by atoms with Crippen LogP contribution in [0.1, 0.15) is 22.5 Å². The molecule has 31 heavy (non-hydrogen) atoms. The fourth-order valence-corrected chi connectivity index (χ4v) is 4.12. The van der Waals surface area contributed by atoms with Crippen LogP contribution in [0.4, 0.5) is 24.7 Å². The molecule has 0 saturated heterocycles. The number of hydrogen-bond donors (Lipinski definition) is 0. The molecular formula is C20H15F3N6O2. The van der Waals surface area contributed by atoms with Gasteiger partial charge in [0.15, 0.2) is 17.3 Å². The first-order valence-corrected chi connectivity index (χ1v) is 9.47. The van der Waals surface area contributed by atoms with Gasteiger partial charge in [-0.2, -0.15) is 17.7 Å². The Balaban J connectivity index is 1.67. The summed E-state index contributed by atoms with van der Waals surface area (Å²) in [5.41, 5.74) is -0.557. The number of benzene rings is 2. The van der Waals surface area contributed by atoms with Gasteiger partial charge in [0.05, 0.1) is 10.5 Å². The van der Waals surface area contributed by atoms with Crippen molar-refractivity contribution in [2.24, 2.45) is 0 Å². The molecule has 0 atom stereocenters. The second-order valence-corrected chi connectivity index (χ2v) is 7.41. The van der Waals surface area contributed by atoms with Gasteiger partial charge in [0, 0.05) is 36.0 Å². The van der Waals surface area contributed by atoms with Crippen LogP contribution < -0.4 is 4.90 Å². The number of nitro groups is 1. The van der Waals surface area contributed by atoms with Crippen molar-refractivity contribution in [3.63, 3.8) is 0 Å². The average Bonchev–Trinajstić information content (AvgIpc) is 3.12. The first kappa shape index (κ1) is 19.2. The standard InChI is InChI=1S/C20H15F3N6O2/c1-11-24-25-18-15-4-2-3-5-16(15)19(26-28(11)18)27-7-6-14-12(10-27)8-13(29(30)31)9-17(14)20(21,22)23/h2-5,8-9H,6-7,10H2,1H3. The Morgan fingerprint density at radius 3 is 2.58 bits per heavy atom. The number of rotatable bonds is 2. The van der Waals surface area contributed by atoms with Crippen molar-refractivity contribution in [2.75, 3.05) is 11.4 Å². The van der Waals surface area contributed by atoms with Gasteiger partial charge in [0.2, 0.25) is 0 Å². The lowest BCUT2D eigenvalue weighted by Crippen LogP contribution is -2.33. The number of hydrogen-bond acceptors (Lipinski definition) is 6. The molecule has 1 aliphatic heterocycles. The molecule has 158 valence electrons. The molecule has 3 heterocycles. The quantitative estimate of drug-likeness (QED) is 0.353. The van der Waals surface area contributed by atoms with Gasteiger partial charge >= 0.3 is 6.18 Å². The number of alkyl halides is 3. The van der Waals surface area contributed by atoms with Crippen molar-refractivity contribution in [1.29, 1.82) is 0 Å². The van der Waals surface area contributed by atoms with Crippen molar-refractivity contribution in [3.05, 3.63) is 69.0 Å². The van der Waals surface area contributed by atoms with Crippen LogP contribution in [0.3, 0.4) is 0 Å². The number of halogens is 3. The molecule has 0 bridgehead atoms. The summed E-state index contributed by atoms with van der Waals surface area (Å²) < 4.78 is 42.3. The summed E-state index contributed by atoms with van der Waals surface area (Å²) in [6, 6.07) is 9.30. The largest absolute Gasteiger partial charge is 0.416 e. The topological polar surface area (TPSA) is 89.5 Å². The lowest BCUT2D eigenvalue weighted by molar-refractivity contribution is -0.385. The Labute approximate surface area is 173 Å². The van der Waals surface area contributed by atoms with Crippen molar-refractivity contribution < 1.29 is 18.1 Å². The van der Waals surface area contributed by atoms with E-state index in [1.165, 1.54) is 6.07 Å². The normalized spacial score (nSPS) is 14.3. The number of fused-ring (bicyclic) bond motifs is 4. The van der Waals surface area contributed by atoms with E-state index >= 15 is 0 Å². The number of anilines is 1. The maximum atomic E-state index is 13.6. The Bertz CT molecular complexity index is 1360. The zero-order valence-corrected chi connectivity index (χ0v) is 16.2. The number of nitrogens with zero attached hydrogens (tertiary/aromatic N) is 6. The predicted octanol–water partition coefficient (Wildman–Crippen LogP) is 4.08. The summed E-state index contributed by atoms with van der Waals surface area (Å²) in [5.74, 6) is 1.14. The first-order chi connectivity index (χ1) is 14.7. The fourth-order valence-electron chi connectivity index (χ4n) is 4.12. The van der Waals surface area contributed by atoms with Crippen LogP contribution in [0.15, 0.2) is 36.4 Å². The Hall–Kier alpha value is -3.76. The molecule has 0 N–H and O–H groups in total. The SMILES string of the molecule is Cc1nnc2c3ccccc3c(N3CCc4c(cc([N+](=O)[O-])cc4C(F)(F)F)C3)nn12. The summed E-state index contributed by atoms with van der Waals surface area (Å²) in [6.07, 6.45) is -4.57. The molecule has 0 unspecified atom stereocenters. The van der Waals surface area contributed by atoms with Gasteiger partial charge in [-0.1, -0.05) is 24.3 Å². The minimum atomic E-state index is -4.66. The van der Waals surface area contributed by atoms with Gasteiger partial charge in [-0.3, -0.25) is 10.1 Å². The lowest BCUT2D eigenvalue weighted by atomic mass is 9.93. The fraction of sp³-hybridized carbons (Fsp3) is 0.250. The van der Waals surface area contributed by atoms with Crippen LogP contribution >= 0.6 is 0 Å². The molecule has 8 nitrogen and oxygen atoms in total. The van der Waals surface area contributed by atoms with Gasteiger partial charge < -0.3 is 4.90 Å². The number of aromatic nitrogens is 4. The predicted molar refractivity (Wildman–Crippen MR) is 106 cm³/mol. The zero-order chi connectivity index (χ0) is 21.9. The van der Waals surface area contributed by atoms with E-state index in [1.807, 2.05) is 29.2 Å². The van der Waals surface area contributed by atoms with Crippen LogP contribution in [0.25, 0.3) is 16.4 Å². The molecule has 2 aromatic carbocycles. The van der Waals surface area contributed by atoms with Crippen molar-refractivity contribution in [2.45, 2.75) is 26.1 Å². The summed E-state index contributed by atoms with van der Waals surface area (Å²) >= 11 is 0. The van der Waals surface area contributed by atoms with E-state index in [0.29, 0.717) is 23.4 Å². The number of non-ortho nitro benzene ring substituents is 1. The second kappa shape index (κ2) is 6.62. The Morgan fingerprint density at radius 2 is 1.87 bits per heavy atom. The van der Waals surface area contributed by atoms with E-state index in [0.717, 1.165) is 10.8 Å². The molecule has 0 amide bonds. The molecule has 1 aliphatic rings. The van der Waals surface area contributed by atoms with E-state index in [2.05, 4.69) is 15.3 Å². The highest BCUT2D eigenvalue weighted by Crippen LogP contribution is 2.39. The molecule has 0 fully saturated rings. The smallest absolute Gasteiger partial charge is 0.350 e. The van der Waals surface area contributed by atoms with Crippen LogP contribution in [-0.2, 0) is 19.1 Å².